The van der Waals surface area contributed by atoms with Crippen LogP contribution in [0.25, 0.3) is 10.8 Å². The number of nitrogens with one attached hydrogen (secondary N) is 2. The summed E-state index contributed by atoms with van der Waals surface area (Å²) in [6.45, 7) is 0. The average Bonchev–Trinajstić information content (AvgIpc) is 2.71. The van der Waals surface area contributed by atoms with Gasteiger partial charge in [-0.05, 0) is 29.7 Å². The summed E-state index contributed by atoms with van der Waals surface area (Å²) in [6.07, 6.45) is -3.14. The Morgan fingerprint density at radius 3 is 2.28 bits per heavy atom. The van der Waals surface area contributed by atoms with E-state index in [9.17, 15) is 13.2 Å². The minimum absolute atomic E-state index is 0.192. The van der Waals surface area contributed by atoms with Crippen LogP contribution in [0.4, 0.5) is 41.9 Å². The van der Waals surface area contributed by atoms with Gasteiger partial charge in [0.1, 0.15) is 12.0 Å². The molecule has 5 nitrogen and oxygen atoms in total. The van der Waals surface area contributed by atoms with Gasteiger partial charge in [0.05, 0.1) is 5.56 Å². The molecule has 4 N–H and O–H groups in total. The van der Waals surface area contributed by atoms with Crippen LogP contribution in [0.15, 0.2) is 73.1 Å². The molecule has 0 aliphatic rings. The van der Waals surface area contributed by atoms with Crippen molar-refractivity contribution in [1.29, 1.82) is 0 Å². The number of alkyl halides is 3. The van der Waals surface area contributed by atoms with E-state index in [4.69, 9.17) is 5.73 Å². The molecule has 0 saturated carbocycles. The van der Waals surface area contributed by atoms with Gasteiger partial charge in [-0.25, -0.2) is 9.97 Å². The Hall–Kier alpha value is -3.81. The number of hydrogen-bond acceptors (Lipinski definition) is 5. The Labute approximate surface area is 164 Å². The van der Waals surface area contributed by atoms with Crippen LogP contribution in [-0.4, -0.2) is 9.97 Å². The highest BCUT2D eigenvalue weighted by Gasteiger charge is 2.30. The van der Waals surface area contributed by atoms with Gasteiger partial charge in [-0.15, -0.1) is 0 Å². The zero-order valence-electron chi connectivity index (χ0n) is 15.0. The molecule has 1 heterocycles. The number of rotatable bonds is 4. The summed E-state index contributed by atoms with van der Waals surface area (Å²) >= 11 is 0. The summed E-state index contributed by atoms with van der Waals surface area (Å²) in [4.78, 5) is 8.23. The fourth-order valence-corrected chi connectivity index (χ4v) is 2.97. The fraction of sp³-hybridized carbons (Fsp3) is 0.0476. The molecule has 0 fully saturated rings. The van der Waals surface area contributed by atoms with E-state index in [1.54, 1.807) is 0 Å². The van der Waals surface area contributed by atoms with Crippen molar-refractivity contribution in [3.8, 4) is 0 Å². The SMILES string of the molecule is Nc1c(Nc2cccc(C(F)(F)F)c2)ncnc1Nc1cccc2ccccc12. The monoisotopic (exact) mass is 395 g/mol. The first-order chi connectivity index (χ1) is 13.9. The van der Waals surface area contributed by atoms with Gasteiger partial charge in [-0.1, -0.05) is 42.5 Å². The second kappa shape index (κ2) is 7.31. The number of hydrogen-bond donors (Lipinski definition) is 3. The number of nitrogens with two attached hydrogens (primary N) is 1. The molecule has 0 bridgehead atoms. The highest BCUT2D eigenvalue weighted by molar-refractivity contribution is 5.96. The molecule has 4 rings (SSSR count). The zero-order valence-corrected chi connectivity index (χ0v) is 15.0. The lowest BCUT2D eigenvalue weighted by atomic mass is 10.1. The summed E-state index contributed by atoms with van der Waals surface area (Å²) in [5, 5.41) is 8.05. The van der Waals surface area contributed by atoms with Crippen molar-refractivity contribution >= 4 is 39.5 Å². The van der Waals surface area contributed by atoms with Crippen molar-refractivity contribution in [3.63, 3.8) is 0 Å². The summed E-state index contributed by atoms with van der Waals surface area (Å²) in [5.74, 6) is 0.563. The molecule has 0 radical (unpaired) electrons. The number of anilines is 5. The van der Waals surface area contributed by atoms with Gasteiger partial charge >= 0.3 is 6.18 Å². The minimum atomic E-state index is -4.43. The quantitative estimate of drug-likeness (QED) is 0.412. The van der Waals surface area contributed by atoms with Gasteiger partial charge in [0.2, 0.25) is 0 Å². The second-order valence-corrected chi connectivity index (χ2v) is 6.34. The first-order valence-corrected chi connectivity index (χ1v) is 8.71. The van der Waals surface area contributed by atoms with Gasteiger partial charge in [-0.3, -0.25) is 0 Å². The van der Waals surface area contributed by atoms with Crippen LogP contribution in [0, 0.1) is 0 Å². The van der Waals surface area contributed by atoms with Crippen molar-refractivity contribution < 1.29 is 13.2 Å². The van der Waals surface area contributed by atoms with E-state index in [0.29, 0.717) is 5.82 Å². The smallest absolute Gasteiger partial charge is 0.393 e. The first kappa shape index (κ1) is 18.5. The maximum Gasteiger partial charge on any atom is 0.416 e. The Kier molecular flexibility index (Phi) is 4.67. The van der Waals surface area contributed by atoms with E-state index in [1.807, 2.05) is 42.5 Å². The fourth-order valence-electron chi connectivity index (χ4n) is 2.97. The van der Waals surface area contributed by atoms with E-state index in [-0.39, 0.29) is 17.2 Å². The third kappa shape index (κ3) is 3.91. The molecular formula is C21H16F3N5. The van der Waals surface area contributed by atoms with E-state index in [0.717, 1.165) is 28.6 Å². The first-order valence-electron chi connectivity index (χ1n) is 8.71. The predicted octanol–water partition coefficient (Wildman–Crippen LogP) is 5.72. The van der Waals surface area contributed by atoms with Crippen LogP contribution in [0.2, 0.25) is 0 Å². The maximum absolute atomic E-state index is 12.9. The molecule has 0 aliphatic carbocycles. The van der Waals surface area contributed by atoms with Gasteiger partial charge in [0.15, 0.2) is 11.6 Å². The topological polar surface area (TPSA) is 75.9 Å². The zero-order chi connectivity index (χ0) is 20.4. The Balaban J connectivity index is 1.64. The lowest BCUT2D eigenvalue weighted by Gasteiger charge is -2.14. The standard InChI is InChI=1S/C21H16F3N5/c22-21(23,24)14-7-4-8-15(11-14)28-19-18(25)20(27-12-26-19)29-17-10-3-6-13-5-1-2-9-16(13)17/h1-12H,25H2,(H2,26,27,28,29). The molecule has 0 aliphatic heterocycles. The van der Waals surface area contributed by atoms with E-state index in [1.165, 1.54) is 18.5 Å². The number of aromatic nitrogens is 2. The molecule has 0 unspecified atom stereocenters. The molecule has 4 aromatic rings. The van der Waals surface area contributed by atoms with Crippen molar-refractivity contribution in [2.45, 2.75) is 6.18 Å². The lowest BCUT2D eigenvalue weighted by Crippen LogP contribution is -2.07. The van der Waals surface area contributed by atoms with Gasteiger partial charge in [0, 0.05) is 16.8 Å². The van der Waals surface area contributed by atoms with Crippen molar-refractivity contribution in [2.75, 3.05) is 16.4 Å². The molecule has 29 heavy (non-hydrogen) atoms. The Morgan fingerprint density at radius 1 is 0.793 bits per heavy atom. The van der Waals surface area contributed by atoms with Crippen LogP contribution in [0.1, 0.15) is 5.56 Å². The normalized spacial score (nSPS) is 11.4. The molecule has 0 spiro atoms. The number of halogens is 3. The molecule has 0 amide bonds. The molecule has 1 aromatic heterocycles. The average molecular weight is 395 g/mol. The maximum atomic E-state index is 12.9. The van der Waals surface area contributed by atoms with Crippen LogP contribution in [-0.2, 0) is 6.18 Å². The largest absolute Gasteiger partial charge is 0.416 e. The molecule has 8 heteroatoms. The number of benzene rings is 3. The van der Waals surface area contributed by atoms with Crippen LogP contribution >= 0.6 is 0 Å². The number of nitrogen functional groups attached to an aromatic ring is 1. The van der Waals surface area contributed by atoms with Crippen LogP contribution in [0.3, 0.4) is 0 Å². The summed E-state index contributed by atoms with van der Waals surface area (Å²) in [6, 6.07) is 18.5. The summed E-state index contributed by atoms with van der Waals surface area (Å²) < 4.78 is 38.8. The van der Waals surface area contributed by atoms with Crippen molar-refractivity contribution in [1.82, 2.24) is 9.97 Å². The molecule has 146 valence electrons. The molecular weight excluding hydrogens is 379 g/mol. The van der Waals surface area contributed by atoms with Crippen molar-refractivity contribution in [3.05, 3.63) is 78.6 Å². The number of nitrogens with zero attached hydrogens (tertiary/aromatic N) is 2. The summed E-state index contributed by atoms with van der Waals surface area (Å²) in [7, 11) is 0. The van der Waals surface area contributed by atoms with Gasteiger partial charge in [-0.2, -0.15) is 13.2 Å². The van der Waals surface area contributed by atoms with E-state index in [2.05, 4.69) is 20.6 Å². The third-order valence-electron chi connectivity index (χ3n) is 4.38. The summed E-state index contributed by atoms with van der Waals surface area (Å²) in [5.41, 5.74) is 6.63. The lowest BCUT2D eigenvalue weighted by molar-refractivity contribution is -0.137. The van der Waals surface area contributed by atoms with Crippen LogP contribution < -0.4 is 16.4 Å². The number of fused-ring (bicyclic) bond motifs is 1. The highest BCUT2D eigenvalue weighted by atomic mass is 19.4. The minimum Gasteiger partial charge on any atom is -0.393 e. The van der Waals surface area contributed by atoms with E-state index >= 15 is 0 Å². The van der Waals surface area contributed by atoms with E-state index < -0.39 is 11.7 Å². The predicted molar refractivity (Wildman–Crippen MR) is 108 cm³/mol. The van der Waals surface area contributed by atoms with Crippen molar-refractivity contribution in [2.24, 2.45) is 0 Å². The molecule has 3 aromatic carbocycles. The molecule has 0 saturated heterocycles. The van der Waals surface area contributed by atoms with Gasteiger partial charge < -0.3 is 16.4 Å². The third-order valence-corrected chi connectivity index (χ3v) is 4.38. The van der Waals surface area contributed by atoms with Gasteiger partial charge in [0.25, 0.3) is 0 Å². The van der Waals surface area contributed by atoms with Crippen LogP contribution in [0.5, 0.6) is 0 Å². The molecule has 0 atom stereocenters. The highest BCUT2D eigenvalue weighted by Crippen LogP contribution is 2.34. The Morgan fingerprint density at radius 2 is 1.48 bits per heavy atom. The Bertz CT molecular complexity index is 1170. The second-order valence-electron chi connectivity index (χ2n) is 6.34.